The van der Waals surface area contributed by atoms with Crippen LogP contribution in [0.25, 0.3) is 0 Å². The molecule has 0 aliphatic carbocycles. The third-order valence-corrected chi connectivity index (χ3v) is 6.34. The topological polar surface area (TPSA) is 93.7 Å². The summed E-state index contributed by atoms with van der Waals surface area (Å²) in [4.78, 5) is 26.8. The summed E-state index contributed by atoms with van der Waals surface area (Å²) in [6.07, 6.45) is 2.14. The first-order chi connectivity index (χ1) is 14.1. The summed E-state index contributed by atoms with van der Waals surface area (Å²) >= 11 is 1.41. The molecule has 2 aliphatic rings. The van der Waals surface area contributed by atoms with Gasteiger partial charge in [0.05, 0.1) is 5.92 Å². The number of rotatable bonds is 6. The lowest BCUT2D eigenvalue weighted by atomic mass is 10.1. The first-order valence-corrected chi connectivity index (χ1v) is 10.7. The van der Waals surface area contributed by atoms with Crippen LogP contribution in [-0.2, 0) is 9.59 Å². The van der Waals surface area contributed by atoms with Gasteiger partial charge < -0.3 is 19.7 Å². The molecule has 0 bridgehead atoms. The second kappa shape index (κ2) is 8.36. The van der Waals surface area contributed by atoms with Crippen molar-refractivity contribution in [3.05, 3.63) is 23.2 Å². The Balaban J connectivity index is 1.42. The van der Waals surface area contributed by atoms with E-state index >= 15 is 0 Å². The molecular formula is C20H24N4O4S. The van der Waals surface area contributed by atoms with Crippen LogP contribution in [0.1, 0.15) is 44.0 Å². The van der Waals surface area contributed by atoms with Gasteiger partial charge in [0.15, 0.2) is 11.5 Å². The summed E-state index contributed by atoms with van der Waals surface area (Å²) in [5, 5.41) is 12.6. The molecule has 1 unspecified atom stereocenters. The smallest absolute Gasteiger partial charge is 0.231 e. The van der Waals surface area contributed by atoms with Gasteiger partial charge in [-0.1, -0.05) is 25.2 Å². The minimum absolute atomic E-state index is 0.0863. The fraction of sp³-hybridized carbons (Fsp3) is 0.500. The quantitative estimate of drug-likeness (QED) is 0.777. The lowest BCUT2D eigenvalue weighted by Crippen LogP contribution is -2.28. The van der Waals surface area contributed by atoms with Crippen molar-refractivity contribution in [2.75, 3.05) is 30.0 Å². The Bertz CT molecular complexity index is 912. The number of ether oxygens (including phenoxy) is 2. The van der Waals surface area contributed by atoms with Crippen LogP contribution >= 0.6 is 11.3 Å². The summed E-state index contributed by atoms with van der Waals surface area (Å²) in [6.45, 7) is 5.55. The van der Waals surface area contributed by atoms with E-state index in [4.69, 9.17) is 9.47 Å². The highest BCUT2D eigenvalue weighted by Crippen LogP contribution is 2.36. The molecule has 9 heteroatoms. The standard InChI is InChI=1S/C20H24N4O4S/c1-3-12(4-2)19-22-23-20(29-19)21-18(26)13-9-17(25)24(11-13)14-5-6-15-16(10-14)28-8-7-27-15/h5-6,10,12-13H,3-4,7-9,11H2,1-2H3,(H,21,23,26). The number of aromatic nitrogens is 2. The van der Waals surface area contributed by atoms with Gasteiger partial charge in [0, 0.05) is 30.6 Å². The van der Waals surface area contributed by atoms with Crippen LogP contribution in [-0.4, -0.2) is 41.8 Å². The molecule has 1 aromatic heterocycles. The van der Waals surface area contributed by atoms with Crippen LogP contribution in [0.3, 0.4) is 0 Å². The first-order valence-electron chi connectivity index (χ1n) is 9.93. The van der Waals surface area contributed by atoms with Gasteiger partial charge >= 0.3 is 0 Å². The highest BCUT2D eigenvalue weighted by atomic mass is 32.1. The Morgan fingerprint density at radius 3 is 2.76 bits per heavy atom. The summed E-state index contributed by atoms with van der Waals surface area (Å²) < 4.78 is 11.1. The maximum atomic E-state index is 12.7. The Morgan fingerprint density at radius 2 is 2.00 bits per heavy atom. The normalized spacial score (nSPS) is 18.4. The number of anilines is 2. The van der Waals surface area contributed by atoms with Crippen LogP contribution < -0.4 is 19.7 Å². The summed E-state index contributed by atoms with van der Waals surface area (Å²) in [6, 6.07) is 5.41. The van der Waals surface area contributed by atoms with Crippen molar-refractivity contribution >= 4 is 34.0 Å². The van der Waals surface area contributed by atoms with E-state index in [1.54, 1.807) is 17.0 Å². The lowest BCUT2D eigenvalue weighted by Gasteiger charge is -2.22. The van der Waals surface area contributed by atoms with Crippen LogP contribution in [0.2, 0.25) is 0 Å². The zero-order valence-electron chi connectivity index (χ0n) is 16.5. The maximum Gasteiger partial charge on any atom is 0.231 e. The zero-order chi connectivity index (χ0) is 20.4. The predicted octanol–water partition coefficient (Wildman–Crippen LogP) is 3.20. The van der Waals surface area contributed by atoms with Crippen molar-refractivity contribution in [1.29, 1.82) is 0 Å². The molecule has 29 heavy (non-hydrogen) atoms. The molecule has 8 nitrogen and oxygen atoms in total. The maximum absolute atomic E-state index is 12.7. The van der Waals surface area contributed by atoms with Gasteiger partial charge in [0.25, 0.3) is 0 Å². The van der Waals surface area contributed by atoms with Gasteiger partial charge in [-0.25, -0.2) is 0 Å². The third-order valence-electron chi connectivity index (χ3n) is 5.34. The Hall–Kier alpha value is -2.68. The Kier molecular flexibility index (Phi) is 5.66. The zero-order valence-corrected chi connectivity index (χ0v) is 17.3. The molecule has 3 heterocycles. The summed E-state index contributed by atoms with van der Waals surface area (Å²) in [5.41, 5.74) is 0.710. The van der Waals surface area contributed by atoms with Gasteiger partial charge in [-0.3, -0.25) is 9.59 Å². The molecule has 2 amide bonds. The molecule has 154 valence electrons. The van der Waals surface area contributed by atoms with E-state index in [9.17, 15) is 9.59 Å². The number of fused-ring (bicyclic) bond motifs is 1. The van der Waals surface area contributed by atoms with E-state index < -0.39 is 5.92 Å². The summed E-state index contributed by atoms with van der Waals surface area (Å²) in [5.74, 6) is 0.929. The molecule has 1 saturated heterocycles. The third kappa shape index (κ3) is 4.05. The average molecular weight is 417 g/mol. The van der Waals surface area contributed by atoms with Gasteiger partial charge in [-0.2, -0.15) is 0 Å². The molecule has 0 spiro atoms. The minimum atomic E-state index is -0.434. The SMILES string of the molecule is CCC(CC)c1nnc(NC(=O)C2CC(=O)N(c3ccc4c(c3)OCCO4)C2)s1. The number of carbonyl (C=O) groups excluding carboxylic acids is 2. The highest BCUT2D eigenvalue weighted by Gasteiger charge is 2.36. The highest BCUT2D eigenvalue weighted by molar-refractivity contribution is 7.15. The monoisotopic (exact) mass is 416 g/mol. The minimum Gasteiger partial charge on any atom is -0.486 e. The molecule has 2 aliphatic heterocycles. The van der Waals surface area contributed by atoms with Crippen LogP contribution in [0, 0.1) is 5.92 Å². The molecule has 0 saturated carbocycles. The largest absolute Gasteiger partial charge is 0.486 e. The Morgan fingerprint density at radius 1 is 1.24 bits per heavy atom. The number of nitrogens with one attached hydrogen (secondary N) is 1. The van der Waals surface area contributed by atoms with E-state index in [0.29, 0.717) is 48.0 Å². The molecular weight excluding hydrogens is 392 g/mol. The second-order valence-corrected chi connectivity index (χ2v) is 8.19. The molecule has 2 aromatic rings. The molecule has 1 N–H and O–H groups in total. The van der Waals surface area contributed by atoms with E-state index in [1.807, 2.05) is 6.07 Å². The number of hydrogen-bond acceptors (Lipinski definition) is 7. The number of amides is 2. The number of carbonyl (C=O) groups is 2. The van der Waals surface area contributed by atoms with Crippen molar-refractivity contribution in [3.63, 3.8) is 0 Å². The molecule has 1 aromatic carbocycles. The lowest BCUT2D eigenvalue weighted by molar-refractivity contribution is -0.122. The fourth-order valence-corrected chi connectivity index (χ4v) is 4.64. The molecule has 0 radical (unpaired) electrons. The van der Waals surface area contributed by atoms with Gasteiger partial charge in [0.1, 0.15) is 18.2 Å². The number of nitrogens with zero attached hydrogens (tertiary/aromatic N) is 3. The van der Waals surface area contributed by atoms with Crippen molar-refractivity contribution < 1.29 is 19.1 Å². The molecule has 1 atom stereocenters. The Labute approximate surface area is 173 Å². The van der Waals surface area contributed by atoms with Gasteiger partial charge in [0.2, 0.25) is 16.9 Å². The average Bonchev–Trinajstić information content (AvgIpc) is 3.35. The molecule has 1 fully saturated rings. The predicted molar refractivity (Wildman–Crippen MR) is 110 cm³/mol. The van der Waals surface area contributed by atoms with Crippen molar-refractivity contribution in [2.45, 2.75) is 39.0 Å². The van der Waals surface area contributed by atoms with Crippen LogP contribution in [0.15, 0.2) is 18.2 Å². The first kappa shape index (κ1) is 19.6. The second-order valence-electron chi connectivity index (χ2n) is 7.18. The fourth-order valence-electron chi connectivity index (χ4n) is 3.63. The van der Waals surface area contributed by atoms with Crippen molar-refractivity contribution in [2.24, 2.45) is 5.92 Å². The van der Waals surface area contributed by atoms with E-state index in [1.165, 1.54) is 11.3 Å². The number of benzene rings is 1. The van der Waals surface area contributed by atoms with Gasteiger partial charge in [-0.15, -0.1) is 10.2 Å². The van der Waals surface area contributed by atoms with Crippen molar-refractivity contribution in [1.82, 2.24) is 10.2 Å². The van der Waals surface area contributed by atoms with Crippen LogP contribution in [0.4, 0.5) is 10.8 Å². The van der Waals surface area contributed by atoms with Gasteiger partial charge in [-0.05, 0) is 25.0 Å². The van der Waals surface area contributed by atoms with E-state index in [2.05, 4.69) is 29.4 Å². The number of hydrogen-bond donors (Lipinski definition) is 1. The van der Waals surface area contributed by atoms with E-state index in [0.717, 1.165) is 17.8 Å². The van der Waals surface area contributed by atoms with E-state index in [-0.39, 0.29) is 18.2 Å². The van der Waals surface area contributed by atoms with Crippen molar-refractivity contribution in [3.8, 4) is 11.5 Å². The summed E-state index contributed by atoms with van der Waals surface area (Å²) in [7, 11) is 0. The van der Waals surface area contributed by atoms with Crippen LogP contribution in [0.5, 0.6) is 11.5 Å². The molecule has 4 rings (SSSR count).